The lowest BCUT2D eigenvalue weighted by Gasteiger charge is -2.20. The van der Waals surface area contributed by atoms with E-state index in [4.69, 9.17) is 9.47 Å². The number of carbonyl (C=O) groups is 1. The monoisotopic (exact) mass is 386 g/mol. The molecular weight excluding hydrogens is 368 g/mol. The number of hydrogen-bond acceptors (Lipinski definition) is 9. The van der Waals surface area contributed by atoms with Crippen LogP contribution in [0.25, 0.3) is 10.9 Å². The van der Waals surface area contributed by atoms with Crippen LogP contribution in [0.1, 0.15) is 13.2 Å². The van der Waals surface area contributed by atoms with Crippen molar-refractivity contribution in [1.82, 2.24) is 9.13 Å². The molecule has 0 saturated carbocycles. The molecule has 4 atom stereocenters. The van der Waals surface area contributed by atoms with E-state index in [0.29, 0.717) is 4.57 Å². The Labute approximate surface area is 150 Å². The summed E-state index contributed by atoms with van der Waals surface area (Å²) in [5.74, 6) is -0.756. The Kier molecular flexibility index (Phi) is 5.25. The summed E-state index contributed by atoms with van der Waals surface area (Å²) in [6.07, 6.45) is -5.31. The van der Waals surface area contributed by atoms with Gasteiger partial charge in [0.05, 0.1) is 24.1 Å². The maximum absolute atomic E-state index is 12.9. The Balaban J connectivity index is 2.17. The summed E-state index contributed by atoms with van der Waals surface area (Å²) in [5.41, 5.74) is -1.34. The number of nitrogens with zero attached hydrogens (tertiary/aromatic N) is 2. The van der Waals surface area contributed by atoms with E-state index in [1.807, 2.05) is 0 Å². The van der Waals surface area contributed by atoms with Crippen LogP contribution < -0.4 is 11.2 Å². The predicted octanol–water partition coefficient (Wildman–Crippen LogP) is -1.60. The lowest BCUT2D eigenvalue weighted by atomic mass is 10.1. The average Bonchev–Trinajstić information content (AvgIpc) is 3.19. The lowest BCUT2D eigenvalue weighted by Crippen LogP contribution is -2.45. The first-order chi connectivity index (χ1) is 12.4. The molecular formula is C15H18N2O8S. The number of ether oxygens (including phenoxy) is 2. The highest BCUT2D eigenvalue weighted by atomic mass is 32.1. The molecule has 2 aromatic rings. The van der Waals surface area contributed by atoms with Gasteiger partial charge < -0.3 is 24.8 Å². The smallest absolute Gasteiger partial charge is 0.334 e. The molecule has 3 N–H and O–H groups in total. The normalized spacial score (nSPS) is 25.7. The summed E-state index contributed by atoms with van der Waals surface area (Å²) in [6, 6.07) is 0. The van der Waals surface area contributed by atoms with Crippen molar-refractivity contribution in [3.63, 3.8) is 0 Å². The van der Waals surface area contributed by atoms with E-state index in [2.05, 4.69) is 0 Å². The largest absolute Gasteiger partial charge is 0.465 e. The topological polar surface area (TPSA) is 140 Å². The molecule has 0 bridgehead atoms. The molecule has 2 aromatic heterocycles. The van der Waals surface area contributed by atoms with E-state index in [-0.39, 0.29) is 17.5 Å². The van der Waals surface area contributed by atoms with Crippen LogP contribution in [0, 0.1) is 0 Å². The summed E-state index contributed by atoms with van der Waals surface area (Å²) >= 11 is 1.16. The summed E-state index contributed by atoms with van der Waals surface area (Å²) in [7, 11) is 0. The molecule has 0 radical (unpaired) electrons. The minimum Gasteiger partial charge on any atom is -0.465 e. The van der Waals surface area contributed by atoms with Gasteiger partial charge in [0.15, 0.2) is 6.23 Å². The van der Waals surface area contributed by atoms with Gasteiger partial charge in [-0.3, -0.25) is 14.2 Å². The molecule has 0 amide bonds. The van der Waals surface area contributed by atoms with Gasteiger partial charge in [0, 0.05) is 10.8 Å². The standard InChI is InChI=1S/C15H18N2O8S/c1-2-24-10(19)3-16-13(22)7-5-26-6-8(7)17(15(16)23)14-12(21)11(20)9(4-18)25-14/h5-6,9,11-12,14,18,20-21H,2-4H2,1H3/t9-,11-,12-,14-/m1/s1. The molecule has 1 saturated heterocycles. The van der Waals surface area contributed by atoms with Gasteiger partial charge in [-0.15, -0.1) is 11.3 Å². The van der Waals surface area contributed by atoms with Crippen LogP contribution in [0.5, 0.6) is 0 Å². The summed E-state index contributed by atoms with van der Waals surface area (Å²) in [6.45, 7) is 0.544. The third-order valence-corrected chi connectivity index (χ3v) is 4.91. The molecule has 1 aliphatic rings. The maximum Gasteiger partial charge on any atom is 0.334 e. The molecule has 26 heavy (non-hydrogen) atoms. The van der Waals surface area contributed by atoms with Crippen LogP contribution in [0.4, 0.5) is 0 Å². The molecule has 0 spiro atoms. The first-order valence-electron chi connectivity index (χ1n) is 7.90. The maximum atomic E-state index is 12.9. The van der Waals surface area contributed by atoms with Gasteiger partial charge >= 0.3 is 11.7 Å². The van der Waals surface area contributed by atoms with Crippen LogP contribution in [-0.4, -0.2) is 61.9 Å². The third-order valence-electron chi connectivity index (χ3n) is 4.18. The minimum atomic E-state index is -1.50. The molecule has 0 unspecified atom stereocenters. The van der Waals surface area contributed by atoms with E-state index >= 15 is 0 Å². The summed E-state index contributed by atoms with van der Waals surface area (Å²) in [4.78, 5) is 37.2. The number of aliphatic hydroxyl groups excluding tert-OH is 3. The number of hydrogen-bond donors (Lipinski definition) is 3. The van der Waals surface area contributed by atoms with E-state index in [1.165, 1.54) is 10.8 Å². The zero-order valence-corrected chi connectivity index (χ0v) is 14.6. The number of aromatic nitrogens is 2. The number of thiophene rings is 1. The SMILES string of the molecule is CCOC(=O)Cn1c(=O)c2cscc2n([C@@H]2O[C@H](CO)[C@@H](O)[C@H]2O)c1=O. The van der Waals surface area contributed by atoms with E-state index < -0.39 is 54.9 Å². The molecule has 10 nitrogen and oxygen atoms in total. The van der Waals surface area contributed by atoms with Crippen LogP contribution in [-0.2, 0) is 20.8 Å². The van der Waals surface area contributed by atoms with E-state index in [9.17, 15) is 29.7 Å². The Hall–Kier alpha value is -2.05. The number of rotatable bonds is 5. The summed E-state index contributed by atoms with van der Waals surface area (Å²) in [5, 5.41) is 32.6. The fraction of sp³-hybridized carbons (Fsp3) is 0.533. The molecule has 3 rings (SSSR count). The van der Waals surface area contributed by atoms with Crippen LogP contribution >= 0.6 is 11.3 Å². The Morgan fingerprint density at radius 2 is 2.04 bits per heavy atom. The number of aliphatic hydroxyl groups is 3. The fourth-order valence-electron chi connectivity index (χ4n) is 2.92. The molecule has 11 heteroatoms. The summed E-state index contributed by atoms with van der Waals surface area (Å²) < 4.78 is 11.9. The Morgan fingerprint density at radius 1 is 1.31 bits per heavy atom. The molecule has 3 heterocycles. The van der Waals surface area contributed by atoms with Crippen molar-refractivity contribution >= 4 is 28.2 Å². The zero-order chi connectivity index (χ0) is 19.0. The Morgan fingerprint density at radius 3 is 2.65 bits per heavy atom. The van der Waals surface area contributed by atoms with Crippen LogP contribution in [0.15, 0.2) is 20.3 Å². The van der Waals surface area contributed by atoms with Gasteiger partial charge in [-0.05, 0) is 6.92 Å². The highest BCUT2D eigenvalue weighted by Gasteiger charge is 2.44. The fourth-order valence-corrected chi connectivity index (χ4v) is 3.71. The van der Waals surface area contributed by atoms with Crippen molar-refractivity contribution in [1.29, 1.82) is 0 Å². The second kappa shape index (κ2) is 7.29. The third kappa shape index (κ3) is 2.97. The average molecular weight is 386 g/mol. The van der Waals surface area contributed by atoms with Crippen molar-refractivity contribution in [2.45, 2.75) is 38.0 Å². The second-order valence-corrected chi connectivity index (χ2v) is 6.49. The van der Waals surface area contributed by atoms with Gasteiger partial charge in [-0.25, -0.2) is 9.36 Å². The predicted molar refractivity (Wildman–Crippen MR) is 90.0 cm³/mol. The van der Waals surface area contributed by atoms with Crippen LogP contribution in [0.3, 0.4) is 0 Å². The lowest BCUT2D eigenvalue weighted by molar-refractivity contribution is -0.144. The molecule has 1 fully saturated rings. The van der Waals surface area contributed by atoms with Gasteiger partial charge in [0.2, 0.25) is 0 Å². The van der Waals surface area contributed by atoms with Crippen molar-refractivity contribution in [2.75, 3.05) is 13.2 Å². The van der Waals surface area contributed by atoms with Crippen molar-refractivity contribution in [3.05, 3.63) is 31.6 Å². The van der Waals surface area contributed by atoms with Gasteiger partial charge in [0.1, 0.15) is 24.9 Å². The molecule has 1 aliphatic heterocycles. The van der Waals surface area contributed by atoms with Gasteiger partial charge in [-0.2, -0.15) is 0 Å². The molecule has 0 aliphatic carbocycles. The minimum absolute atomic E-state index is 0.0945. The highest BCUT2D eigenvalue weighted by molar-refractivity contribution is 7.09. The first kappa shape index (κ1) is 18.7. The zero-order valence-electron chi connectivity index (χ0n) is 13.8. The molecule has 142 valence electrons. The van der Waals surface area contributed by atoms with Crippen LogP contribution in [0.2, 0.25) is 0 Å². The van der Waals surface area contributed by atoms with Gasteiger partial charge in [0.25, 0.3) is 5.56 Å². The van der Waals surface area contributed by atoms with Gasteiger partial charge in [-0.1, -0.05) is 0 Å². The van der Waals surface area contributed by atoms with Crippen molar-refractivity contribution in [2.24, 2.45) is 0 Å². The van der Waals surface area contributed by atoms with Crippen molar-refractivity contribution in [3.8, 4) is 0 Å². The number of fused-ring (bicyclic) bond motifs is 1. The van der Waals surface area contributed by atoms with E-state index in [1.54, 1.807) is 6.92 Å². The first-order valence-corrected chi connectivity index (χ1v) is 8.84. The van der Waals surface area contributed by atoms with E-state index in [0.717, 1.165) is 15.9 Å². The quantitative estimate of drug-likeness (QED) is 0.522. The number of carbonyl (C=O) groups excluding carboxylic acids is 1. The number of esters is 1. The second-order valence-electron chi connectivity index (χ2n) is 5.75. The highest BCUT2D eigenvalue weighted by Crippen LogP contribution is 2.30. The Bertz CT molecular complexity index is 932. The van der Waals surface area contributed by atoms with Crippen molar-refractivity contribution < 1.29 is 29.6 Å². The molecule has 0 aromatic carbocycles.